The number of hydrogen-bond donors (Lipinski definition) is 1. The molecule has 1 aromatic heterocycles. The van der Waals surface area contributed by atoms with Crippen LogP contribution in [-0.2, 0) is 0 Å². The number of aryl methyl sites for hydroxylation is 1. The van der Waals surface area contributed by atoms with Crippen LogP contribution in [0.5, 0.6) is 0 Å². The SMILES string of the molecule is Cc1nnc(N(C)CC(C)C)c(C(N)=S)c1C. The Morgan fingerprint density at radius 1 is 1.35 bits per heavy atom. The molecule has 0 aliphatic rings. The topological polar surface area (TPSA) is 55.0 Å². The van der Waals surface area contributed by atoms with Gasteiger partial charge in [-0.3, -0.25) is 0 Å². The van der Waals surface area contributed by atoms with Crippen LogP contribution in [0.15, 0.2) is 0 Å². The fourth-order valence-corrected chi connectivity index (χ4v) is 2.04. The molecule has 0 aromatic carbocycles. The van der Waals surface area contributed by atoms with Crippen LogP contribution in [0.25, 0.3) is 0 Å². The van der Waals surface area contributed by atoms with Gasteiger partial charge in [0, 0.05) is 13.6 Å². The third-order valence-electron chi connectivity index (χ3n) is 2.68. The van der Waals surface area contributed by atoms with Crippen molar-refractivity contribution in [1.82, 2.24) is 10.2 Å². The minimum Gasteiger partial charge on any atom is -0.389 e. The van der Waals surface area contributed by atoms with Gasteiger partial charge in [-0.1, -0.05) is 26.1 Å². The highest BCUT2D eigenvalue weighted by Crippen LogP contribution is 2.21. The Labute approximate surface area is 108 Å². The molecule has 2 N–H and O–H groups in total. The van der Waals surface area contributed by atoms with Crippen LogP contribution in [-0.4, -0.2) is 28.8 Å². The van der Waals surface area contributed by atoms with Gasteiger partial charge in [0.15, 0.2) is 5.82 Å². The molecule has 0 spiro atoms. The van der Waals surface area contributed by atoms with E-state index in [2.05, 4.69) is 28.9 Å². The van der Waals surface area contributed by atoms with Crippen molar-refractivity contribution >= 4 is 23.0 Å². The van der Waals surface area contributed by atoms with E-state index in [-0.39, 0.29) is 0 Å². The Bertz CT molecular complexity index is 429. The molecule has 0 fully saturated rings. The first-order chi connectivity index (χ1) is 7.84. The molecule has 94 valence electrons. The van der Waals surface area contributed by atoms with Crippen molar-refractivity contribution in [3.8, 4) is 0 Å². The van der Waals surface area contributed by atoms with E-state index in [0.29, 0.717) is 10.9 Å². The summed E-state index contributed by atoms with van der Waals surface area (Å²) in [4.78, 5) is 2.43. The fourth-order valence-electron chi connectivity index (χ4n) is 1.79. The second-order valence-electron chi connectivity index (χ2n) is 4.75. The predicted molar refractivity (Wildman–Crippen MR) is 75.5 cm³/mol. The normalized spacial score (nSPS) is 10.7. The minimum absolute atomic E-state index is 0.381. The zero-order valence-electron chi connectivity index (χ0n) is 11.1. The molecule has 4 nitrogen and oxygen atoms in total. The first-order valence-corrected chi connectivity index (χ1v) is 6.10. The molecule has 0 unspecified atom stereocenters. The third kappa shape index (κ3) is 3.12. The fraction of sp³-hybridized carbons (Fsp3) is 0.583. The Hall–Kier alpha value is -1.23. The second kappa shape index (κ2) is 5.40. The molecule has 0 atom stereocenters. The van der Waals surface area contributed by atoms with Gasteiger partial charge in [0.05, 0.1) is 11.3 Å². The van der Waals surface area contributed by atoms with Gasteiger partial charge in [-0.05, 0) is 25.3 Å². The maximum absolute atomic E-state index is 5.79. The Morgan fingerprint density at radius 3 is 2.41 bits per heavy atom. The van der Waals surface area contributed by atoms with Crippen LogP contribution in [0.1, 0.15) is 30.7 Å². The lowest BCUT2D eigenvalue weighted by atomic mass is 10.1. The Morgan fingerprint density at radius 2 is 1.94 bits per heavy atom. The maximum Gasteiger partial charge on any atom is 0.161 e. The minimum atomic E-state index is 0.381. The summed E-state index contributed by atoms with van der Waals surface area (Å²) < 4.78 is 0. The molecular formula is C12H20N4S. The van der Waals surface area contributed by atoms with Crippen molar-refractivity contribution in [2.24, 2.45) is 11.7 Å². The van der Waals surface area contributed by atoms with Crippen LogP contribution in [0.3, 0.4) is 0 Å². The molecule has 0 amide bonds. The van der Waals surface area contributed by atoms with E-state index < -0.39 is 0 Å². The van der Waals surface area contributed by atoms with Gasteiger partial charge >= 0.3 is 0 Å². The molecule has 1 rings (SSSR count). The van der Waals surface area contributed by atoms with Gasteiger partial charge in [0.1, 0.15) is 4.99 Å². The number of hydrogen-bond acceptors (Lipinski definition) is 4. The van der Waals surface area contributed by atoms with Gasteiger partial charge < -0.3 is 10.6 Å². The molecule has 0 bridgehead atoms. The zero-order chi connectivity index (χ0) is 13.2. The van der Waals surface area contributed by atoms with Gasteiger partial charge in [-0.15, -0.1) is 5.10 Å². The molecule has 1 aromatic rings. The van der Waals surface area contributed by atoms with E-state index in [1.54, 1.807) is 0 Å². The van der Waals surface area contributed by atoms with E-state index >= 15 is 0 Å². The van der Waals surface area contributed by atoms with Crippen molar-refractivity contribution in [2.45, 2.75) is 27.7 Å². The molecule has 1 heterocycles. The van der Waals surface area contributed by atoms with Gasteiger partial charge in [-0.25, -0.2) is 0 Å². The zero-order valence-corrected chi connectivity index (χ0v) is 11.9. The van der Waals surface area contributed by atoms with Gasteiger partial charge in [-0.2, -0.15) is 5.10 Å². The monoisotopic (exact) mass is 252 g/mol. The van der Waals surface area contributed by atoms with Crippen LogP contribution < -0.4 is 10.6 Å². The first kappa shape index (κ1) is 13.8. The van der Waals surface area contributed by atoms with E-state index in [9.17, 15) is 0 Å². The largest absolute Gasteiger partial charge is 0.389 e. The quantitative estimate of drug-likeness (QED) is 0.828. The van der Waals surface area contributed by atoms with Crippen molar-refractivity contribution in [2.75, 3.05) is 18.5 Å². The molecular weight excluding hydrogens is 232 g/mol. The molecule has 0 saturated carbocycles. The molecule has 17 heavy (non-hydrogen) atoms. The molecule has 0 saturated heterocycles. The van der Waals surface area contributed by atoms with E-state index in [4.69, 9.17) is 18.0 Å². The molecule has 0 aliphatic heterocycles. The number of rotatable bonds is 4. The molecule has 0 radical (unpaired) electrons. The Balaban J connectivity index is 3.24. The highest BCUT2D eigenvalue weighted by molar-refractivity contribution is 7.80. The first-order valence-electron chi connectivity index (χ1n) is 5.69. The van der Waals surface area contributed by atoms with Crippen LogP contribution in [0.2, 0.25) is 0 Å². The summed E-state index contributed by atoms with van der Waals surface area (Å²) >= 11 is 5.11. The molecule has 5 heteroatoms. The lowest BCUT2D eigenvalue weighted by Gasteiger charge is -2.23. The van der Waals surface area contributed by atoms with Crippen molar-refractivity contribution in [1.29, 1.82) is 0 Å². The number of nitrogens with zero attached hydrogens (tertiary/aromatic N) is 3. The second-order valence-corrected chi connectivity index (χ2v) is 5.19. The van der Waals surface area contributed by atoms with Crippen molar-refractivity contribution in [3.05, 3.63) is 16.8 Å². The number of anilines is 1. The maximum atomic E-state index is 5.79. The summed E-state index contributed by atoms with van der Waals surface area (Å²) in [5.74, 6) is 1.32. The summed E-state index contributed by atoms with van der Waals surface area (Å²) in [6, 6.07) is 0. The van der Waals surface area contributed by atoms with Crippen molar-refractivity contribution < 1.29 is 0 Å². The summed E-state index contributed by atoms with van der Waals surface area (Å²) in [5, 5.41) is 8.36. The average Bonchev–Trinajstić information content (AvgIpc) is 2.19. The standard InChI is InChI=1S/C12H20N4S/c1-7(2)6-16(5)12-10(11(13)17)8(3)9(4)14-15-12/h7H,6H2,1-5H3,(H2,13,17). The number of aromatic nitrogens is 2. The highest BCUT2D eigenvalue weighted by atomic mass is 32.1. The third-order valence-corrected chi connectivity index (χ3v) is 2.89. The molecule has 0 aliphatic carbocycles. The lowest BCUT2D eigenvalue weighted by Crippen LogP contribution is -2.28. The van der Waals surface area contributed by atoms with Crippen LogP contribution >= 0.6 is 12.2 Å². The van der Waals surface area contributed by atoms with Gasteiger partial charge in [0.25, 0.3) is 0 Å². The number of thiocarbonyl (C=S) groups is 1. The van der Waals surface area contributed by atoms with Crippen LogP contribution in [0, 0.1) is 19.8 Å². The summed E-state index contributed by atoms with van der Waals surface area (Å²) in [5.41, 5.74) is 8.52. The predicted octanol–water partition coefficient (Wildman–Crippen LogP) is 1.82. The Kier molecular flexibility index (Phi) is 4.40. The van der Waals surface area contributed by atoms with Crippen LogP contribution in [0.4, 0.5) is 5.82 Å². The average molecular weight is 252 g/mol. The summed E-state index contributed by atoms with van der Waals surface area (Å²) in [6.45, 7) is 9.10. The lowest BCUT2D eigenvalue weighted by molar-refractivity contribution is 0.631. The summed E-state index contributed by atoms with van der Waals surface area (Å²) in [7, 11) is 1.99. The summed E-state index contributed by atoms with van der Waals surface area (Å²) in [6.07, 6.45) is 0. The van der Waals surface area contributed by atoms with Gasteiger partial charge in [0.2, 0.25) is 0 Å². The smallest absolute Gasteiger partial charge is 0.161 e. The van der Waals surface area contributed by atoms with E-state index in [1.165, 1.54) is 0 Å². The highest BCUT2D eigenvalue weighted by Gasteiger charge is 2.17. The van der Waals surface area contributed by atoms with E-state index in [0.717, 1.165) is 29.2 Å². The van der Waals surface area contributed by atoms with E-state index in [1.807, 2.05) is 20.9 Å². The van der Waals surface area contributed by atoms with Crippen molar-refractivity contribution in [3.63, 3.8) is 0 Å². The number of nitrogens with two attached hydrogens (primary N) is 1.